The Bertz CT molecular complexity index is 354. The largest absolute Gasteiger partial charge is 0.367 e. The zero-order valence-corrected chi connectivity index (χ0v) is 9.19. The van der Waals surface area contributed by atoms with Crippen LogP contribution in [-0.2, 0) is 5.88 Å². The minimum absolute atomic E-state index is 0.0615. The van der Waals surface area contributed by atoms with Gasteiger partial charge in [0.25, 0.3) is 0 Å². The van der Waals surface area contributed by atoms with Gasteiger partial charge < -0.3 is 4.90 Å². The molecule has 0 bridgehead atoms. The summed E-state index contributed by atoms with van der Waals surface area (Å²) in [5.41, 5.74) is 0.533. The first-order valence-corrected chi connectivity index (χ1v) is 5.43. The second-order valence-electron chi connectivity index (χ2n) is 3.88. The van der Waals surface area contributed by atoms with Gasteiger partial charge in [0.15, 0.2) is 0 Å². The van der Waals surface area contributed by atoms with Crippen molar-refractivity contribution in [2.45, 2.75) is 24.8 Å². The van der Waals surface area contributed by atoms with Crippen molar-refractivity contribution >= 4 is 17.3 Å². The Morgan fingerprint density at radius 3 is 2.27 bits per heavy atom. The first kappa shape index (κ1) is 10.7. The van der Waals surface area contributed by atoms with E-state index in [1.54, 1.807) is 11.9 Å². The third-order valence-corrected chi connectivity index (χ3v) is 2.99. The van der Waals surface area contributed by atoms with Crippen LogP contribution in [0.25, 0.3) is 0 Å². The molecule has 0 unspecified atom stereocenters. The molecule has 15 heavy (non-hydrogen) atoms. The van der Waals surface area contributed by atoms with Gasteiger partial charge in [0.05, 0.1) is 0 Å². The fourth-order valence-electron chi connectivity index (χ4n) is 1.68. The molecule has 0 amide bonds. The van der Waals surface area contributed by atoms with E-state index in [1.165, 1.54) is 12.1 Å². The lowest BCUT2D eigenvalue weighted by Crippen LogP contribution is -2.22. The topological polar surface area (TPSA) is 3.24 Å². The van der Waals surface area contributed by atoms with Crippen molar-refractivity contribution in [1.29, 1.82) is 0 Å². The van der Waals surface area contributed by atoms with E-state index in [2.05, 4.69) is 0 Å². The third kappa shape index (κ3) is 2.07. The van der Waals surface area contributed by atoms with Crippen LogP contribution in [0.1, 0.15) is 18.4 Å². The summed E-state index contributed by atoms with van der Waals surface area (Å²) in [4.78, 5) is 1.67. The molecule has 0 radical (unpaired) electrons. The maximum atomic E-state index is 13.6. The van der Waals surface area contributed by atoms with Gasteiger partial charge in [-0.25, -0.2) is 8.78 Å². The fourth-order valence-corrected chi connectivity index (χ4v) is 1.83. The van der Waals surface area contributed by atoms with Crippen LogP contribution >= 0.6 is 11.6 Å². The van der Waals surface area contributed by atoms with Crippen LogP contribution < -0.4 is 4.90 Å². The highest BCUT2D eigenvalue weighted by molar-refractivity contribution is 6.17. The smallest absolute Gasteiger partial charge is 0.149 e. The molecule has 0 heterocycles. The molecule has 0 N–H and O–H groups in total. The van der Waals surface area contributed by atoms with E-state index in [9.17, 15) is 8.78 Å². The summed E-state index contributed by atoms with van der Waals surface area (Å²) in [7, 11) is 1.72. The molecule has 2 rings (SSSR count). The monoisotopic (exact) mass is 231 g/mol. The fraction of sp³-hybridized carbons (Fsp3) is 0.455. The second-order valence-corrected chi connectivity index (χ2v) is 4.15. The number of rotatable bonds is 3. The third-order valence-electron chi connectivity index (χ3n) is 2.68. The number of halogens is 3. The zero-order valence-electron chi connectivity index (χ0n) is 8.43. The Morgan fingerprint density at radius 2 is 1.87 bits per heavy atom. The molecule has 0 aromatic heterocycles. The molecule has 1 aliphatic carbocycles. The SMILES string of the molecule is CN(c1c(F)cc(CCl)cc1F)C1CC1. The highest BCUT2D eigenvalue weighted by Crippen LogP contribution is 2.33. The van der Waals surface area contributed by atoms with Crippen LogP contribution in [0.4, 0.5) is 14.5 Å². The van der Waals surface area contributed by atoms with Crippen molar-refractivity contribution in [1.82, 2.24) is 0 Å². The van der Waals surface area contributed by atoms with Gasteiger partial charge >= 0.3 is 0 Å². The van der Waals surface area contributed by atoms with Crippen molar-refractivity contribution in [2.75, 3.05) is 11.9 Å². The summed E-state index contributed by atoms with van der Waals surface area (Å²) in [6, 6.07) is 2.88. The Hall–Kier alpha value is -0.830. The quantitative estimate of drug-likeness (QED) is 0.722. The zero-order chi connectivity index (χ0) is 11.0. The Balaban J connectivity index is 2.37. The van der Waals surface area contributed by atoms with E-state index in [4.69, 9.17) is 11.6 Å². The van der Waals surface area contributed by atoms with Crippen molar-refractivity contribution < 1.29 is 8.78 Å². The number of hydrogen-bond acceptors (Lipinski definition) is 1. The summed E-state index contributed by atoms with van der Waals surface area (Å²) >= 11 is 5.53. The van der Waals surface area contributed by atoms with Gasteiger partial charge in [-0.05, 0) is 30.5 Å². The van der Waals surface area contributed by atoms with E-state index in [0.717, 1.165) is 12.8 Å². The number of alkyl halides is 1. The molecule has 1 nitrogen and oxygen atoms in total. The molecule has 0 atom stereocenters. The van der Waals surface area contributed by atoms with E-state index in [0.29, 0.717) is 5.56 Å². The maximum Gasteiger partial charge on any atom is 0.149 e. The molecule has 1 fully saturated rings. The number of anilines is 1. The van der Waals surface area contributed by atoms with Gasteiger partial charge in [0, 0.05) is 19.0 Å². The number of hydrogen-bond donors (Lipinski definition) is 0. The van der Waals surface area contributed by atoms with Crippen molar-refractivity contribution in [3.8, 4) is 0 Å². The summed E-state index contributed by atoms with van der Waals surface area (Å²) in [5, 5.41) is 0. The minimum Gasteiger partial charge on any atom is -0.367 e. The van der Waals surface area contributed by atoms with Crippen LogP contribution in [0.3, 0.4) is 0 Å². The summed E-state index contributed by atoms with van der Waals surface area (Å²) in [6.45, 7) is 0. The van der Waals surface area contributed by atoms with Gasteiger partial charge in [0.2, 0.25) is 0 Å². The summed E-state index contributed by atoms with van der Waals surface area (Å²) in [6.07, 6.45) is 2.01. The molecule has 4 heteroatoms. The predicted octanol–water partition coefficient (Wildman–Crippen LogP) is 3.30. The Kier molecular flexibility index (Phi) is 2.83. The van der Waals surface area contributed by atoms with E-state index >= 15 is 0 Å². The number of nitrogens with zero attached hydrogens (tertiary/aromatic N) is 1. The van der Waals surface area contributed by atoms with Crippen LogP contribution in [0.2, 0.25) is 0 Å². The Labute approximate surface area is 92.6 Å². The van der Waals surface area contributed by atoms with E-state index in [1.807, 2.05) is 0 Å². The summed E-state index contributed by atoms with van der Waals surface area (Å²) < 4.78 is 27.2. The average Bonchev–Trinajstić information content (AvgIpc) is 2.99. The molecular formula is C11H12ClF2N. The molecule has 1 saturated carbocycles. The molecule has 0 saturated heterocycles. The van der Waals surface area contributed by atoms with Crippen LogP contribution in [0, 0.1) is 11.6 Å². The van der Waals surface area contributed by atoms with Gasteiger partial charge in [-0.2, -0.15) is 0 Å². The first-order valence-electron chi connectivity index (χ1n) is 4.90. The van der Waals surface area contributed by atoms with E-state index < -0.39 is 11.6 Å². The predicted molar refractivity (Wildman–Crippen MR) is 57.3 cm³/mol. The minimum atomic E-state index is -0.528. The highest BCUT2D eigenvalue weighted by atomic mass is 35.5. The lowest BCUT2D eigenvalue weighted by molar-refractivity contribution is 0.574. The first-order chi connectivity index (χ1) is 7.13. The molecule has 1 aliphatic rings. The standard InChI is InChI=1S/C11H12ClF2N/c1-15(8-2-3-8)11-9(13)4-7(6-12)5-10(11)14/h4-5,8H,2-3,6H2,1H3. The molecule has 0 spiro atoms. The van der Waals surface area contributed by atoms with Crippen molar-refractivity contribution in [3.05, 3.63) is 29.3 Å². The molecule has 82 valence electrons. The molecular weight excluding hydrogens is 220 g/mol. The van der Waals surface area contributed by atoms with Crippen molar-refractivity contribution in [3.63, 3.8) is 0 Å². The number of benzene rings is 1. The highest BCUT2D eigenvalue weighted by Gasteiger charge is 2.29. The Morgan fingerprint density at radius 1 is 1.33 bits per heavy atom. The average molecular weight is 232 g/mol. The van der Waals surface area contributed by atoms with Gasteiger partial charge in [-0.3, -0.25) is 0 Å². The second kappa shape index (κ2) is 3.97. The normalized spacial score (nSPS) is 15.5. The van der Waals surface area contributed by atoms with Gasteiger partial charge in [-0.1, -0.05) is 0 Å². The molecule has 1 aromatic carbocycles. The lowest BCUT2D eigenvalue weighted by atomic mass is 10.2. The van der Waals surface area contributed by atoms with Gasteiger partial charge in [0.1, 0.15) is 17.3 Å². The lowest BCUT2D eigenvalue weighted by Gasteiger charge is -2.20. The molecule has 0 aliphatic heterocycles. The maximum absolute atomic E-state index is 13.6. The van der Waals surface area contributed by atoms with E-state index in [-0.39, 0.29) is 17.6 Å². The molecule has 1 aromatic rings. The van der Waals surface area contributed by atoms with Gasteiger partial charge in [-0.15, -0.1) is 11.6 Å². The van der Waals surface area contributed by atoms with Crippen LogP contribution in [0.5, 0.6) is 0 Å². The van der Waals surface area contributed by atoms with Crippen LogP contribution in [0.15, 0.2) is 12.1 Å². The summed E-state index contributed by atoms with van der Waals surface area (Å²) in [5.74, 6) is -0.929. The van der Waals surface area contributed by atoms with Crippen LogP contribution in [-0.4, -0.2) is 13.1 Å². The van der Waals surface area contributed by atoms with Crippen molar-refractivity contribution in [2.24, 2.45) is 0 Å².